The summed E-state index contributed by atoms with van der Waals surface area (Å²) in [4.78, 5) is 5.39. The first-order chi connectivity index (χ1) is 7.24. The predicted octanol–water partition coefficient (Wildman–Crippen LogP) is 3.27. The van der Waals surface area contributed by atoms with Crippen LogP contribution in [0.2, 0.25) is 0 Å². The average molecular weight is 237 g/mol. The zero-order valence-electron chi connectivity index (χ0n) is 8.52. The van der Waals surface area contributed by atoms with Crippen LogP contribution in [0.3, 0.4) is 0 Å². The van der Waals surface area contributed by atoms with Crippen molar-refractivity contribution in [3.05, 3.63) is 35.7 Å². The van der Waals surface area contributed by atoms with Crippen molar-refractivity contribution in [1.82, 2.24) is 9.36 Å². The van der Waals surface area contributed by atoms with E-state index in [1.54, 1.807) is 11.9 Å². The van der Waals surface area contributed by atoms with Gasteiger partial charge in [0.25, 0.3) is 0 Å². The van der Waals surface area contributed by atoms with E-state index in [1.807, 2.05) is 6.92 Å². The lowest BCUT2D eigenvalue weighted by Gasteiger charge is -2.00. The molecule has 0 amide bonds. The zero-order chi connectivity index (χ0) is 10.7. The van der Waals surface area contributed by atoms with E-state index in [-0.39, 0.29) is 0 Å². The van der Waals surface area contributed by atoms with Gasteiger partial charge in [-0.1, -0.05) is 17.7 Å². The van der Waals surface area contributed by atoms with Crippen molar-refractivity contribution in [1.29, 1.82) is 0 Å². The van der Waals surface area contributed by atoms with Gasteiger partial charge in [-0.3, -0.25) is 0 Å². The summed E-state index contributed by atoms with van der Waals surface area (Å²) in [5.74, 6) is 0.812. The number of aryl methyl sites for hydroxylation is 2. The number of anilines is 1. The predicted molar refractivity (Wildman–Crippen MR) is 65.3 cm³/mol. The first kappa shape index (κ1) is 10.4. The van der Waals surface area contributed by atoms with E-state index >= 15 is 0 Å². The quantitative estimate of drug-likeness (QED) is 0.831. The summed E-state index contributed by atoms with van der Waals surface area (Å²) in [6, 6.07) is 8.35. The molecule has 0 bridgehead atoms. The Labute approximate surface area is 97.2 Å². The lowest BCUT2D eigenvalue weighted by molar-refractivity contribution is 1.17. The Bertz CT molecular complexity index is 436. The van der Waals surface area contributed by atoms with Crippen molar-refractivity contribution in [2.45, 2.75) is 18.7 Å². The smallest absolute Gasteiger partial charge is 0.212 e. The van der Waals surface area contributed by atoms with Gasteiger partial charge in [0.15, 0.2) is 0 Å². The van der Waals surface area contributed by atoms with Gasteiger partial charge in [-0.15, -0.1) is 0 Å². The molecule has 0 aliphatic rings. The molecule has 0 spiro atoms. The number of aromatic nitrogens is 2. The van der Waals surface area contributed by atoms with Crippen molar-refractivity contribution < 1.29 is 0 Å². The second kappa shape index (κ2) is 4.63. The number of hydrogen-bond donors (Lipinski definition) is 1. The second-order valence-corrected chi connectivity index (χ2v) is 4.80. The molecule has 3 nitrogen and oxygen atoms in total. The maximum Gasteiger partial charge on any atom is 0.212 e. The van der Waals surface area contributed by atoms with E-state index in [4.69, 9.17) is 0 Å². The second-order valence-electron chi connectivity index (χ2n) is 3.16. The zero-order valence-corrected chi connectivity index (χ0v) is 10.2. The third-order valence-corrected chi connectivity index (χ3v) is 3.46. The summed E-state index contributed by atoms with van der Waals surface area (Å²) in [6.45, 7) is 3.97. The highest BCUT2D eigenvalue weighted by Gasteiger charge is 1.99. The summed E-state index contributed by atoms with van der Waals surface area (Å²) in [6.07, 6.45) is 0. The van der Waals surface area contributed by atoms with Crippen LogP contribution in [0, 0.1) is 13.8 Å². The Morgan fingerprint density at radius 1 is 1.20 bits per heavy atom. The molecule has 0 atom stereocenters. The molecule has 0 aliphatic carbocycles. The van der Waals surface area contributed by atoms with Gasteiger partial charge in [-0.25, -0.2) is 4.98 Å². The Morgan fingerprint density at radius 2 is 1.93 bits per heavy atom. The molecule has 0 radical (unpaired) electrons. The van der Waals surface area contributed by atoms with E-state index in [0.29, 0.717) is 0 Å². The van der Waals surface area contributed by atoms with Crippen LogP contribution in [0.15, 0.2) is 29.2 Å². The van der Waals surface area contributed by atoms with Gasteiger partial charge in [-0.2, -0.15) is 4.37 Å². The maximum atomic E-state index is 4.22. The molecule has 1 N–H and O–H groups in total. The summed E-state index contributed by atoms with van der Waals surface area (Å²) in [7, 11) is 0. The fourth-order valence-electron chi connectivity index (χ4n) is 1.05. The summed E-state index contributed by atoms with van der Waals surface area (Å²) >= 11 is 2.93. The van der Waals surface area contributed by atoms with Crippen LogP contribution in [-0.4, -0.2) is 9.36 Å². The summed E-state index contributed by atoms with van der Waals surface area (Å²) in [5.41, 5.74) is 1.27. The number of rotatable bonds is 3. The highest BCUT2D eigenvalue weighted by Crippen LogP contribution is 2.22. The van der Waals surface area contributed by atoms with Crippen molar-refractivity contribution in [3.8, 4) is 0 Å². The monoisotopic (exact) mass is 237 g/mol. The molecule has 2 rings (SSSR count). The minimum Gasteiger partial charge on any atom is -0.300 e. The number of hydrogen-bond acceptors (Lipinski definition) is 5. The largest absolute Gasteiger partial charge is 0.300 e. The molecular formula is C10H11N3S2. The molecule has 0 aliphatic heterocycles. The number of nitrogens with zero attached hydrogens (tertiary/aromatic N) is 2. The van der Waals surface area contributed by atoms with Crippen LogP contribution in [0.5, 0.6) is 0 Å². The molecule has 78 valence electrons. The normalized spacial score (nSPS) is 10.3. The molecule has 1 heterocycles. The Kier molecular flexibility index (Phi) is 3.23. The molecule has 0 fully saturated rings. The summed E-state index contributed by atoms with van der Waals surface area (Å²) < 4.78 is 7.26. The van der Waals surface area contributed by atoms with Crippen LogP contribution >= 0.6 is 23.5 Å². The lowest BCUT2D eigenvalue weighted by atomic mass is 10.2. The van der Waals surface area contributed by atoms with Gasteiger partial charge in [-0.05, 0) is 37.9 Å². The first-order valence-electron chi connectivity index (χ1n) is 4.54. The molecule has 2 aromatic rings. The van der Waals surface area contributed by atoms with Crippen LogP contribution in [0.4, 0.5) is 5.13 Å². The fourth-order valence-corrected chi connectivity index (χ4v) is 2.28. The molecule has 1 aromatic heterocycles. The molecule has 15 heavy (non-hydrogen) atoms. The minimum absolute atomic E-state index is 0.812. The molecule has 0 unspecified atom stereocenters. The Morgan fingerprint density at radius 3 is 2.53 bits per heavy atom. The molecule has 0 saturated heterocycles. The SMILES string of the molecule is Cc1ccc(SNc2nc(C)ns2)cc1. The average Bonchev–Trinajstić information content (AvgIpc) is 2.64. The maximum absolute atomic E-state index is 4.22. The highest BCUT2D eigenvalue weighted by atomic mass is 32.2. The molecule has 5 heteroatoms. The van der Waals surface area contributed by atoms with Gasteiger partial charge < -0.3 is 4.72 Å². The minimum atomic E-state index is 0.812. The van der Waals surface area contributed by atoms with E-state index < -0.39 is 0 Å². The Balaban J connectivity index is 1.96. The standard InChI is InChI=1S/C10H11N3S2/c1-7-3-5-9(6-4-7)14-13-10-11-8(2)12-15-10/h3-6H,1-2H3,(H,11,12,13). The van der Waals surface area contributed by atoms with Crippen molar-refractivity contribution in [2.24, 2.45) is 0 Å². The number of benzene rings is 1. The third-order valence-electron chi connectivity index (χ3n) is 1.80. The topological polar surface area (TPSA) is 37.8 Å². The lowest BCUT2D eigenvalue weighted by Crippen LogP contribution is -1.85. The third kappa shape index (κ3) is 2.94. The van der Waals surface area contributed by atoms with E-state index in [0.717, 1.165) is 11.0 Å². The van der Waals surface area contributed by atoms with Crippen molar-refractivity contribution >= 4 is 28.6 Å². The fraction of sp³-hybridized carbons (Fsp3) is 0.200. The highest BCUT2D eigenvalue weighted by molar-refractivity contribution is 8.00. The van der Waals surface area contributed by atoms with Crippen LogP contribution in [0.25, 0.3) is 0 Å². The molecule has 0 saturated carbocycles. The first-order valence-corrected chi connectivity index (χ1v) is 6.13. The van der Waals surface area contributed by atoms with Crippen molar-refractivity contribution in [3.63, 3.8) is 0 Å². The summed E-state index contributed by atoms with van der Waals surface area (Å²) in [5, 5.41) is 0.845. The molecule has 1 aromatic carbocycles. The van der Waals surface area contributed by atoms with Crippen LogP contribution in [0.1, 0.15) is 11.4 Å². The van der Waals surface area contributed by atoms with Gasteiger partial charge in [0, 0.05) is 16.4 Å². The van der Waals surface area contributed by atoms with Gasteiger partial charge in [0.2, 0.25) is 5.13 Å². The van der Waals surface area contributed by atoms with Crippen molar-refractivity contribution in [2.75, 3.05) is 4.72 Å². The van der Waals surface area contributed by atoms with Gasteiger partial charge in [0.05, 0.1) is 0 Å². The molecular weight excluding hydrogens is 226 g/mol. The van der Waals surface area contributed by atoms with E-state index in [9.17, 15) is 0 Å². The van der Waals surface area contributed by atoms with Crippen LogP contribution < -0.4 is 4.72 Å². The van der Waals surface area contributed by atoms with E-state index in [2.05, 4.69) is 45.3 Å². The number of nitrogens with one attached hydrogen (secondary N) is 1. The van der Waals surface area contributed by atoms with Gasteiger partial charge in [0.1, 0.15) is 5.82 Å². The van der Waals surface area contributed by atoms with Gasteiger partial charge >= 0.3 is 0 Å². The van der Waals surface area contributed by atoms with E-state index in [1.165, 1.54) is 22.0 Å². The Hall–Kier alpha value is -1.07. The van der Waals surface area contributed by atoms with Crippen LogP contribution in [-0.2, 0) is 0 Å².